The molecule has 1 aliphatic rings. The van der Waals surface area contributed by atoms with E-state index in [4.69, 9.17) is 4.74 Å². The number of nitrogens with zero attached hydrogens (tertiary/aromatic N) is 2. The zero-order valence-electron chi connectivity index (χ0n) is 23.6. The number of rotatable bonds is 12. The molecule has 0 bridgehead atoms. The number of benzene rings is 3. The van der Waals surface area contributed by atoms with Crippen molar-refractivity contribution in [2.45, 2.75) is 32.7 Å². The molecule has 0 aliphatic carbocycles. The minimum atomic E-state index is -0.323. The van der Waals surface area contributed by atoms with Crippen LogP contribution in [0.5, 0.6) is 5.75 Å². The highest BCUT2D eigenvalue weighted by atomic mass is 16.5. The van der Waals surface area contributed by atoms with E-state index in [9.17, 15) is 9.59 Å². The fourth-order valence-corrected chi connectivity index (χ4v) is 5.75. The van der Waals surface area contributed by atoms with Crippen LogP contribution in [-0.4, -0.2) is 66.4 Å². The number of aromatic amines is 1. The molecule has 0 saturated heterocycles. The predicted molar refractivity (Wildman–Crippen MR) is 160 cm³/mol. The first-order chi connectivity index (χ1) is 19.5. The van der Waals surface area contributed by atoms with Gasteiger partial charge in [-0.3, -0.25) is 9.59 Å². The summed E-state index contributed by atoms with van der Waals surface area (Å²) >= 11 is 0. The molecule has 1 aliphatic heterocycles. The van der Waals surface area contributed by atoms with Crippen LogP contribution < -0.4 is 10.1 Å². The molecular weight excluding hydrogens is 500 g/mol. The van der Waals surface area contributed by atoms with Crippen LogP contribution >= 0.6 is 0 Å². The van der Waals surface area contributed by atoms with Gasteiger partial charge in [-0.2, -0.15) is 0 Å². The van der Waals surface area contributed by atoms with Gasteiger partial charge in [0, 0.05) is 47.1 Å². The molecule has 0 saturated carbocycles. The van der Waals surface area contributed by atoms with Crippen LogP contribution in [0.1, 0.15) is 54.2 Å². The van der Waals surface area contributed by atoms with Crippen molar-refractivity contribution in [1.29, 1.82) is 0 Å². The molecule has 5 rings (SSSR count). The number of hydrogen-bond donors (Lipinski definition) is 2. The molecule has 1 atom stereocenters. The second kappa shape index (κ2) is 12.4. The van der Waals surface area contributed by atoms with Gasteiger partial charge >= 0.3 is 0 Å². The van der Waals surface area contributed by atoms with Gasteiger partial charge in [-0.15, -0.1) is 0 Å². The molecule has 40 heavy (non-hydrogen) atoms. The Kier molecular flexibility index (Phi) is 8.51. The number of carbonyl (C=O) groups excluding carboxylic acids is 2. The summed E-state index contributed by atoms with van der Waals surface area (Å²) in [6.07, 6.45) is 1.15. The van der Waals surface area contributed by atoms with Gasteiger partial charge in [-0.1, -0.05) is 62.4 Å². The average Bonchev–Trinajstić information content (AvgIpc) is 3.51. The molecule has 4 aromatic rings. The van der Waals surface area contributed by atoms with Crippen LogP contribution in [0, 0.1) is 0 Å². The molecule has 1 aromatic heterocycles. The smallest absolute Gasteiger partial charge is 0.255 e. The molecule has 2 heterocycles. The normalized spacial score (nSPS) is 14.7. The van der Waals surface area contributed by atoms with Crippen LogP contribution in [0.2, 0.25) is 0 Å². The number of aromatic nitrogens is 1. The highest BCUT2D eigenvalue weighted by Gasteiger charge is 2.40. The van der Waals surface area contributed by atoms with E-state index in [2.05, 4.69) is 47.2 Å². The maximum atomic E-state index is 13.8. The first kappa shape index (κ1) is 27.5. The van der Waals surface area contributed by atoms with E-state index in [0.29, 0.717) is 18.7 Å². The first-order valence-electron chi connectivity index (χ1n) is 14.2. The van der Waals surface area contributed by atoms with Gasteiger partial charge in [0.15, 0.2) is 0 Å². The number of amides is 2. The van der Waals surface area contributed by atoms with Crippen molar-refractivity contribution < 1.29 is 14.3 Å². The van der Waals surface area contributed by atoms with Crippen molar-refractivity contribution in [3.63, 3.8) is 0 Å². The van der Waals surface area contributed by atoms with Gasteiger partial charge in [-0.05, 0) is 55.9 Å². The molecular formula is C33H38N4O3. The third kappa shape index (κ3) is 5.47. The average molecular weight is 539 g/mol. The maximum absolute atomic E-state index is 13.8. The van der Waals surface area contributed by atoms with E-state index in [-0.39, 0.29) is 24.3 Å². The Morgan fingerprint density at radius 1 is 1.02 bits per heavy atom. The molecule has 208 valence electrons. The van der Waals surface area contributed by atoms with Gasteiger partial charge in [0.25, 0.3) is 5.91 Å². The topological polar surface area (TPSA) is 77.7 Å². The molecule has 7 nitrogen and oxygen atoms in total. The largest absolute Gasteiger partial charge is 0.497 e. The van der Waals surface area contributed by atoms with E-state index in [1.807, 2.05) is 59.5 Å². The van der Waals surface area contributed by atoms with Crippen LogP contribution in [-0.2, 0) is 4.79 Å². The molecule has 3 aromatic carbocycles. The van der Waals surface area contributed by atoms with Crippen molar-refractivity contribution in [1.82, 2.24) is 20.1 Å². The fraction of sp³-hybridized carbons (Fsp3) is 0.333. The molecule has 7 heteroatoms. The van der Waals surface area contributed by atoms with E-state index in [0.717, 1.165) is 65.1 Å². The van der Waals surface area contributed by atoms with Crippen LogP contribution in [0.25, 0.3) is 22.2 Å². The Morgan fingerprint density at radius 2 is 1.80 bits per heavy atom. The van der Waals surface area contributed by atoms with Crippen molar-refractivity contribution in [3.05, 3.63) is 89.5 Å². The van der Waals surface area contributed by atoms with Crippen molar-refractivity contribution in [2.24, 2.45) is 0 Å². The predicted octanol–water partition coefficient (Wildman–Crippen LogP) is 5.63. The Labute approximate surface area is 236 Å². The molecule has 0 radical (unpaired) electrons. The van der Waals surface area contributed by atoms with E-state index in [1.54, 1.807) is 7.11 Å². The molecule has 1 unspecified atom stereocenters. The van der Waals surface area contributed by atoms with Crippen molar-refractivity contribution in [2.75, 3.05) is 39.8 Å². The van der Waals surface area contributed by atoms with E-state index in [1.165, 1.54) is 0 Å². The molecule has 0 fully saturated rings. The Morgan fingerprint density at radius 3 is 2.60 bits per heavy atom. The SMILES string of the molecule is CCN(CC)CCCNC(=O)CCN1C(=O)c2ccccc2C1c1c(-c2cccc(OC)c2)[nH]c2ccccc12. The third-order valence-corrected chi connectivity index (χ3v) is 7.88. The fourth-order valence-electron chi connectivity index (χ4n) is 5.75. The van der Waals surface area contributed by atoms with Gasteiger partial charge in [0.05, 0.1) is 18.8 Å². The van der Waals surface area contributed by atoms with Crippen LogP contribution in [0.3, 0.4) is 0 Å². The number of hydrogen-bond acceptors (Lipinski definition) is 4. The van der Waals surface area contributed by atoms with Crippen LogP contribution in [0.4, 0.5) is 0 Å². The van der Waals surface area contributed by atoms with Crippen molar-refractivity contribution >= 4 is 22.7 Å². The zero-order valence-corrected chi connectivity index (χ0v) is 23.6. The molecule has 0 spiro atoms. The quantitative estimate of drug-likeness (QED) is 0.229. The first-order valence-corrected chi connectivity index (χ1v) is 14.2. The second-order valence-electron chi connectivity index (χ2n) is 10.2. The summed E-state index contributed by atoms with van der Waals surface area (Å²) in [7, 11) is 1.66. The number of ether oxygens (including phenoxy) is 1. The van der Waals surface area contributed by atoms with E-state index >= 15 is 0 Å². The number of carbonyl (C=O) groups is 2. The summed E-state index contributed by atoms with van der Waals surface area (Å²) < 4.78 is 5.52. The summed E-state index contributed by atoms with van der Waals surface area (Å²) in [5.41, 5.74) is 5.60. The summed E-state index contributed by atoms with van der Waals surface area (Å²) in [5, 5.41) is 4.11. The number of para-hydroxylation sites is 1. The summed E-state index contributed by atoms with van der Waals surface area (Å²) in [4.78, 5) is 34.4. The standard InChI is InChI=1S/C33H38N4O3/c1-4-36(5-2)20-11-19-34-29(38)18-21-37-32(25-14-6-7-15-26(25)33(37)39)30-27-16-8-9-17-28(27)35-31(30)23-12-10-13-24(22-23)40-3/h6-10,12-17,22,32,35H,4-5,11,18-21H2,1-3H3,(H,34,38). The monoisotopic (exact) mass is 538 g/mol. The lowest BCUT2D eigenvalue weighted by molar-refractivity contribution is -0.121. The highest BCUT2D eigenvalue weighted by molar-refractivity contribution is 6.02. The lowest BCUT2D eigenvalue weighted by Crippen LogP contribution is -2.35. The molecule has 2 N–H and O–H groups in total. The van der Waals surface area contributed by atoms with Gasteiger partial charge in [0.2, 0.25) is 5.91 Å². The highest BCUT2D eigenvalue weighted by Crippen LogP contribution is 2.45. The van der Waals surface area contributed by atoms with Gasteiger partial charge in [0.1, 0.15) is 5.75 Å². The number of H-pyrrole nitrogens is 1. The Hall–Kier alpha value is -4.10. The molecule has 2 amide bonds. The lowest BCUT2D eigenvalue weighted by atomic mass is 9.93. The Balaban J connectivity index is 1.46. The number of nitrogens with one attached hydrogen (secondary N) is 2. The lowest BCUT2D eigenvalue weighted by Gasteiger charge is -2.26. The maximum Gasteiger partial charge on any atom is 0.255 e. The minimum Gasteiger partial charge on any atom is -0.497 e. The minimum absolute atomic E-state index is 0.0333. The van der Waals surface area contributed by atoms with Crippen LogP contribution in [0.15, 0.2) is 72.8 Å². The summed E-state index contributed by atoms with van der Waals surface area (Å²) in [6.45, 7) is 8.24. The van der Waals surface area contributed by atoms with Gasteiger partial charge < -0.3 is 24.8 Å². The summed E-state index contributed by atoms with van der Waals surface area (Å²) in [6, 6.07) is 23.6. The Bertz CT molecular complexity index is 1490. The van der Waals surface area contributed by atoms with E-state index < -0.39 is 0 Å². The number of methoxy groups -OCH3 is 1. The third-order valence-electron chi connectivity index (χ3n) is 7.88. The second-order valence-corrected chi connectivity index (χ2v) is 10.2. The number of fused-ring (bicyclic) bond motifs is 2. The van der Waals surface area contributed by atoms with Crippen molar-refractivity contribution in [3.8, 4) is 17.0 Å². The zero-order chi connectivity index (χ0) is 28.1. The van der Waals surface area contributed by atoms with Gasteiger partial charge in [-0.25, -0.2) is 0 Å². The summed E-state index contributed by atoms with van der Waals surface area (Å²) in [5.74, 6) is 0.685.